The standard InChI is InChI=1S/C11H15F2NO2S/c1-3-8(2)14-17(15,16)10-6-4-9(5-7-10)11(12)13/h4-8,11,14H,3H2,1-2H3/t8-/m0/s1. The molecule has 0 spiro atoms. The summed E-state index contributed by atoms with van der Waals surface area (Å²) in [5.41, 5.74) is -0.188. The van der Waals surface area contributed by atoms with Gasteiger partial charge in [0, 0.05) is 11.6 Å². The van der Waals surface area contributed by atoms with Crippen LogP contribution in [0.1, 0.15) is 32.3 Å². The second-order valence-electron chi connectivity index (χ2n) is 3.80. The van der Waals surface area contributed by atoms with Crippen molar-refractivity contribution in [2.45, 2.75) is 37.6 Å². The SMILES string of the molecule is CC[C@H](C)NS(=O)(=O)c1ccc(C(F)F)cc1. The second kappa shape index (κ2) is 5.55. The van der Waals surface area contributed by atoms with Gasteiger partial charge in [0.25, 0.3) is 6.43 Å². The molecule has 1 aromatic rings. The number of rotatable bonds is 5. The molecule has 1 N–H and O–H groups in total. The van der Waals surface area contributed by atoms with Gasteiger partial charge in [-0.1, -0.05) is 19.1 Å². The van der Waals surface area contributed by atoms with E-state index in [1.807, 2.05) is 6.92 Å². The summed E-state index contributed by atoms with van der Waals surface area (Å²) in [4.78, 5) is 0.00204. The second-order valence-corrected chi connectivity index (χ2v) is 5.51. The van der Waals surface area contributed by atoms with Crippen LogP contribution in [0, 0.1) is 0 Å². The van der Waals surface area contributed by atoms with Crippen LogP contribution < -0.4 is 4.72 Å². The smallest absolute Gasteiger partial charge is 0.208 e. The molecule has 0 aliphatic heterocycles. The number of sulfonamides is 1. The van der Waals surface area contributed by atoms with E-state index in [0.717, 1.165) is 12.1 Å². The Morgan fingerprint density at radius 3 is 2.18 bits per heavy atom. The molecule has 6 heteroatoms. The maximum absolute atomic E-state index is 12.3. The van der Waals surface area contributed by atoms with Crippen molar-refractivity contribution in [3.05, 3.63) is 29.8 Å². The van der Waals surface area contributed by atoms with E-state index >= 15 is 0 Å². The maximum Gasteiger partial charge on any atom is 0.263 e. The first kappa shape index (κ1) is 14.1. The maximum atomic E-state index is 12.3. The molecule has 1 rings (SSSR count). The average molecular weight is 263 g/mol. The highest BCUT2D eigenvalue weighted by molar-refractivity contribution is 7.89. The third kappa shape index (κ3) is 3.74. The van der Waals surface area contributed by atoms with E-state index in [4.69, 9.17) is 0 Å². The van der Waals surface area contributed by atoms with E-state index in [1.54, 1.807) is 6.92 Å². The Morgan fingerprint density at radius 1 is 1.24 bits per heavy atom. The summed E-state index contributed by atoms with van der Waals surface area (Å²) in [5, 5.41) is 0. The van der Waals surface area contributed by atoms with Crippen molar-refractivity contribution in [2.75, 3.05) is 0 Å². The summed E-state index contributed by atoms with van der Waals surface area (Å²) in [6.45, 7) is 3.60. The zero-order chi connectivity index (χ0) is 13.1. The Labute approximate surface area is 99.9 Å². The molecule has 1 aromatic carbocycles. The van der Waals surface area contributed by atoms with E-state index in [0.29, 0.717) is 6.42 Å². The van der Waals surface area contributed by atoms with Gasteiger partial charge in [-0.15, -0.1) is 0 Å². The summed E-state index contributed by atoms with van der Waals surface area (Å²) in [7, 11) is -3.61. The van der Waals surface area contributed by atoms with Crippen molar-refractivity contribution < 1.29 is 17.2 Å². The van der Waals surface area contributed by atoms with E-state index in [9.17, 15) is 17.2 Å². The Morgan fingerprint density at radius 2 is 1.76 bits per heavy atom. The monoisotopic (exact) mass is 263 g/mol. The first-order chi connectivity index (χ1) is 7.86. The summed E-state index contributed by atoms with van der Waals surface area (Å²) < 4.78 is 50.6. The number of hydrogen-bond acceptors (Lipinski definition) is 2. The summed E-state index contributed by atoms with van der Waals surface area (Å²) in [6, 6.07) is 4.43. The molecule has 0 amide bonds. The number of nitrogens with one attached hydrogen (secondary N) is 1. The van der Waals surface area contributed by atoms with Gasteiger partial charge in [-0.05, 0) is 25.5 Å². The zero-order valence-corrected chi connectivity index (χ0v) is 10.5. The van der Waals surface area contributed by atoms with Crippen molar-refractivity contribution in [1.82, 2.24) is 4.72 Å². The molecule has 96 valence electrons. The topological polar surface area (TPSA) is 46.2 Å². The lowest BCUT2D eigenvalue weighted by molar-refractivity contribution is 0.151. The molecule has 0 aliphatic carbocycles. The van der Waals surface area contributed by atoms with Gasteiger partial charge < -0.3 is 0 Å². The highest BCUT2D eigenvalue weighted by Crippen LogP contribution is 2.20. The molecule has 0 saturated carbocycles. The van der Waals surface area contributed by atoms with Crippen LogP contribution in [-0.2, 0) is 10.0 Å². The van der Waals surface area contributed by atoms with Crippen LogP contribution in [-0.4, -0.2) is 14.5 Å². The highest BCUT2D eigenvalue weighted by atomic mass is 32.2. The van der Waals surface area contributed by atoms with Crippen molar-refractivity contribution >= 4 is 10.0 Å². The zero-order valence-electron chi connectivity index (χ0n) is 9.65. The van der Waals surface area contributed by atoms with Gasteiger partial charge in [-0.2, -0.15) is 0 Å². The normalized spacial score (nSPS) is 13.9. The molecule has 3 nitrogen and oxygen atoms in total. The molecule has 0 saturated heterocycles. The molecule has 0 fully saturated rings. The average Bonchev–Trinajstić information content (AvgIpc) is 2.28. The first-order valence-corrected chi connectivity index (χ1v) is 6.75. The van der Waals surface area contributed by atoms with Crippen LogP contribution in [0.2, 0.25) is 0 Å². The number of hydrogen-bond donors (Lipinski definition) is 1. The molecular weight excluding hydrogens is 248 g/mol. The van der Waals surface area contributed by atoms with Gasteiger partial charge >= 0.3 is 0 Å². The number of benzene rings is 1. The van der Waals surface area contributed by atoms with Crippen LogP contribution in [0.3, 0.4) is 0 Å². The largest absolute Gasteiger partial charge is 0.263 e. The molecule has 0 unspecified atom stereocenters. The molecule has 0 heterocycles. The van der Waals surface area contributed by atoms with Crippen molar-refractivity contribution in [3.63, 3.8) is 0 Å². The Bertz CT molecular complexity index is 457. The fourth-order valence-corrected chi connectivity index (χ4v) is 2.54. The minimum atomic E-state index is -3.61. The fraction of sp³-hybridized carbons (Fsp3) is 0.455. The van der Waals surface area contributed by atoms with E-state index < -0.39 is 16.4 Å². The van der Waals surface area contributed by atoms with Crippen LogP contribution in [0.15, 0.2) is 29.2 Å². The minimum Gasteiger partial charge on any atom is -0.208 e. The lowest BCUT2D eigenvalue weighted by atomic mass is 10.2. The van der Waals surface area contributed by atoms with Crippen LogP contribution in [0.25, 0.3) is 0 Å². The lowest BCUT2D eigenvalue weighted by Crippen LogP contribution is -2.31. The van der Waals surface area contributed by atoms with E-state index in [2.05, 4.69) is 4.72 Å². The molecule has 0 radical (unpaired) electrons. The number of alkyl halides is 2. The molecule has 0 aliphatic rings. The van der Waals surface area contributed by atoms with E-state index in [1.165, 1.54) is 12.1 Å². The van der Waals surface area contributed by atoms with Gasteiger partial charge in [-0.3, -0.25) is 0 Å². The van der Waals surface area contributed by atoms with Crippen molar-refractivity contribution in [2.24, 2.45) is 0 Å². The summed E-state index contributed by atoms with van der Waals surface area (Å²) in [5.74, 6) is 0. The minimum absolute atomic E-state index is 0.00204. The van der Waals surface area contributed by atoms with Gasteiger partial charge in [0.05, 0.1) is 4.90 Å². The van der Waals surface area contributed by atoms with Crippen molar-refractivity contribution in [3.8, 4) is 0 Å². The van der Waals surface area contributed by atoms with Gasteiger partial charge in [0.1, 0.15) is 0 Å². The molecule has 0 aromatic heterocycles. The Balaban J connectivity index is 2.92. The quantitative estimate of drug-likeness (QED) is 0.887. The van der Waals surface area contributed by atoms with Crippen LogP contribution in [0.4, 0.5) is 8.78 Å². The van der Waals surface area contributed by atoms with Crippen LogP contribution in [0.5, 0.6) is 0 Å². The summed E-state index contributed by atoms with van der Waals surface area (Å²) in [6.07, 6.45) is -1.93. The number of halogens is 2. The third-order valence-electron chi connectivity index (χ3n) is 2.41. The van der Waals surface area contributed by atoms with E-state index in [-0.39, 0.29) is 16.5 Å². The Hall–Kier alpha value is -1.01. The molecule has 1 atom stereocenters. The van der Waals surface area contributed by atoms with Gasteiger partial charge in [0.15, 0.2) is 0 Å². The predicted molar refractivity (Wildman–Crippen MR) is 61.5 cm³/mol. The van der Waals surface area contributed by atoms with Crippen LogP contribution >= 0.6 is 0 Å². The highest BCUT2D eigenvalue weighted by Gasteiger charge is 2.17. The van der Waals surface area contributed by atoms with Crippen molar-refractivity contribution in [1.29, 1.82) is 0 Å². The predicted octanol–water partition coefficient (Wildman–Crippen LogP) is 2.70. The first-order valence-electron chi connectivity index (χ1n) is 5.27. The molecular formula is C11H15F2NO2S. The summed E-state index contributed by atoms with van der Waals surface area (Å²) >= 11 is 0. The molecule has 0 bridgehead atoms. The lowest BCUT2D eigenvalue weighted by Gasteiger charge is -2.12. The fourth-order valence-electron chi connectivity index (χ4n) is 1.21. The Kier molecular flexibility index (Phi) is 4.59. The third-order valence-corrected chi connectivity index (χ3v) is 4.02. The van der Waals surface area contributed by atoms with Gasteiger partial charge in [-0.25, -0.2) is 21.9 Å². The van der Waals surface area contributed by atoms with Gasteiger partial charge in [0.2, 0.25) is 10.0 Å². The molecule has 17 heavy (non-hydrogen) atoms.